The van der Waals surface area contributed by atoms with E-state index in [1.165, 1.54) is 0 Å². The van der Waals surface area contributed by atoms with Crippen LogP contribution >= 0.6 is 0 Å². The fourth-order valence-corrected chi connectivity index (χ4v) is 3.11. The summed E-state index contributed by atoms with van der Waals surface area (Å²) in [5.74, 6) is -1.17. The molecule has 8 heteroatoms. The fourth-order valence-electron chi connectivity index (χ4n) is 1.51. The normalized spacial score (nSPS) is 13.0. The van der Waals surface area contributed by atoms with Crippen LogP contribution in [0.1, 0.15) is 6.92 Å². The van der Waals surface area contributed by atoms with Crippen molar-refractivity contribution in [2.45, 2.75) is 19.0 Å². The molecule has 7 nitrogen and oxygen atoms in total. The van der Waals surface area contributed by atoms with Crippen LogP contribution in [0, 0.1) is 0 Å². The molecule has 0 aromatic heterocycles. The first-order valence-corrected chi connectivity index (χ1v) is 8.36. The molecule has 0 saturated carbocycles. The molecule has 2 atom stereocenters. The Kier molecular flexibility index (Phi) is 7.76. The predicted octanol–water partition coefficient (Wildman–Crippen LogP) is -2.52. The minimum absolute atomic E-state index is 0.103. The van der Waals surface area contributed by atoms with Crippen LogP contribution in [0.15, 0.2) is 30.3 Å². The summed E-state index contributed by atoms with van der Waals surface area (Å²) in [5, 5.41) is 13.9. The molecule has 0 aliphatic carbocycles. The molecule has 2 amide bonds. The topological polar surface area (TPSA) is 122 Å². The van der Waals surface area contributed by atoms with Gasteiger partial charge >= 0.3 is 134 Å². The first-order valence-electron chi connectivity index (χ1n) is 6.65. The Labute approximate surface area is 134 Å². The van der Waals surface area contributed by atoms with E-state index in [1.807, 2.05) is 30.3 Å². The summed E-state index contributed by atoms with van der Waals surface area (Å²) in [6, 6.07) is 7.44. The van der Waals surface area contributed by atoms with Crippen molar-refractivity contribution in [2.24, 2.45) is 5.73 Å². The second kappa shape index (κ2) is 9.32. The summed E-state index contributed by atoms with van der Waals surface area (Å²) in [7, 11) is 0. The van der Waals surface area contributed by atoms with Crippen molar-refractivity contribution >= 4 is 35.9 Å². The fraction of sp³-hybridized carbons (Fsp3) is 0.357. The zero-order valence-electron chi connectivity index (χ0n) is 12.1. The molecule has 5 N–H and O–H groups in total. The maximum absolute atomic E-state index is 12.1. The third kappa shape index (κ3) is 5.95. The van der Waals surface area contributed by atoms with Gasteiger partial charge in [0.05, 0.1) is 0 Å². The van der Waals surface area contributed by atoms with Gasteiger partial charge in [0.15, 0.2) is 0 Å². The van der Waals surface area contributed by atoms with Crippen LogP contribution in [0.4, 0.5) is 0 Å². The average Bonchev–Trinajstić information content (AvgIpc) is 2.52. The molecule has 0 fully saturated rings. The summed E-state index contributed by atoms with van der Waals surface area (Å²) in [6.07, 6.45) is 0. The molecule has 120 valence electrons. The van der Waals surface area contributed by atoms with Crippen LogP contribution in [0.5, 0.6) is 0 Å². The Hall–Kier alpha value is -1.73. The number of hydrogen-bond donors (Lipinski definition) is 4. The molecule has 0 heterocycles. The van der Waals surface area contributed by atoms with Gasteiger partial charge in [0.1, 0.15) is 0 Å². The molecule has 1 aromatic carbocycles. The summed E-state index contributed by atoms with van der Waals surface area (Å²) < 4.78 is 0.810. The molecule has 0 unspecified atom stereocenters. The second-order valence-electron chi connectivity index (χ2n) is 4.47. The van der Waals surface area contributed by atoms with Crippen molar-refractivity contribution in [1.29, 1.82) is 0 Å². The molecule has 1 aromatic rings. The quantitative estimate of drug-likeness (QED) is 0.376. The zero-order chi connectivity index (χ0) is 16.5. The molecule has 1 rings (SSSR count). The van der Waals surface area contributed by atoms with Crippen molar-refractivity contribution in [1.82, 2.24) is 10.6 Å². The van der Waals surface area contributed by atoms with Gasteiger partial charge in [-0.2, -0.15) is 0 Å². The van der Waals surface area contributed by atoms with Crippen LogP contribution in [0.3, 0.4) is 0 Å². The van der Waals surface area contributed by atoms with Gasteiger partial charge in [0.25, 0.3) is 0 Å². The van der Waals surface area contributed by atoms with Crippen molar-refractivity contribution in [3.05, 3.63) is 30.3 Å². The number of aliphatic hydroxyl groups excluding tert-OH is 1. The number of amides is 2. The SMILES string of the molecule is C[C@H](NC(=O)[C@H](CO)NC(=O)CN)C(=O)[Se]c1ccccc1. The van der Waals surface area contributed by atoms with Crippen LogP contribution in [-0.2, 0) is 14.4 Å². The van der Waals surface area contributed by atoms with Crippen molar-refractivity contribution in [3.8, 4) is 0 Å². The van der Waals surface area contributed by atoms with Gasteiger partial charge < -0.3 is 0 Å². The number of nitrogens with two attached hydrogens (primary N) is 1. The van der Waals surface area contributed by atoms with Gasteiger partial charge in [-0.05, 0) is 0 Å². The maximum atomic E-state index is 12.1. The summed E-state index contributed by atoms with van der Waals surface area (Å²) in [4.78, 5) is 35.2. The standard InChI is InChI=1S/C14H19N3O4Se/c1-9(14(21)22-10-5-3-2-4-6-10)16-13(20)11(8-18)17-12(19)7-15/h2-6,9,11,18H,7-8,15H2,1H3,(H,16,20)(H,17,19)/t9-,11-/m0/s1. The second-order valence-corrected chi connectivity index (χ2v) is 6.73. The number of rotatable bonds is 8. The minimum atomic E-state index is -1.12. The Morgan fingerprint density at radius 2 is 1.86 bits per heavy atom. The molecular weight excluding hydrogens is 353 g/mol. The Morgan fingerprint density at radius 3 is 2.41 bits per heavy atom. The van der Waals surface area contributed by atoms with Crippen molar-refractivity contribution in [2.75, 3.05) is 13.2 Å². The van der Waals surface area contributed by atoms with Gasteiger partial charge in [0, 0.05) is 0 Å². The number of hydrogen-bond acceptors (Lipinski definition) is 5. The number of benzene rings is 1. The number of nitrogens with one attached hydrogen (secondary N) is 2. The average molecular weight is 372 g/mol. The van der Waals surface area contributed by atoms with Crippen molar-refractivity contribution < 1.29 is 19.5 Å². The molecule has 22 heavy (non-hydrogen) atoms. The molecule has 0 spiro atoms. The molecule has 0 saturated heterocycles. The van der Waals surface area contributed by atoms with E-state index in [0.29, 0.717) is 0 Å². The van der Waals surface area contributed by atoms with Crippen LogP contribution < -0.4 is 20.8 Å². The first kappa shape index (κ1) is 18.3. The van der Waals surface area contributed by atoms with Gasteiger partial charge in [0.2, 0.25) is 0 Å². The van der Waals surface area contributed by atoms with E-state index in [2.05, 4.69) is 10.6 Å². The molecule has 0 aliphatic heterocycles. The molecule has 0 aliphatic rings. The predicted molar refractivity (Wildman–Crippen MR) is 82.5 cm³/mol. The summed E-state index contributed by atoms with van der Waals surface area (Å²) in [5.41, 5.74) is 5.13. The number of carbonyl (C=O) groups excluding carboxylic acids is 3. The third-order valence-electron chi connectivity index (χ3n) is 2.69. The monoisotopic (exact) mass is 373 g/mol. The van der Waals surface area contributed by atoms with E-state index in [9.17, 15) is 14.4 Å². The molecular formula is C14H19N3O4Se. The first-order chi connectivity index (χ1) is 10.5. The van der Waals surface area contributed by atoms with E-state index in [4.69, 9.17) is 10.8 Å². The van der Waals surface area contributed by atoms with E-state index in [-0.39, 0.29) is 11.2 Å². The number of carbonyl (C=O) groups is 3. The Balaban J connectivity index is 2.54. The Bertz CT molecular complexity index is 524. The number of aliphatic hydroxyl groups is 1. The van der Waals surface area contributed by atoms with Crippen LogP contribution in [0.25, 0.3) is 0 Å². The molecule has 0 bridgehead atoms. The van der Waals surface area contributed by atoms with Gasteiger partial charge in [-0.1, -0.05) is 0 Å². The summed E-state index contributed by atoms with van der Waals surface area (Å²) in [6.45, 7) is 0.724. The van der Waals surface area contributed by atoms with Crippen molar-refractivity contribution in [3.63, 3.8) is 0 Å². The van der Waals surface area contributed by atoms with Gasteiger partial charge in [-0.25, -0.2) is 0 Å². The van der Waals surface area contributed by atoms with Gasteiger partial charge in [-0.15, -0.1) is 0 Å². The van der Waals surface area contributed by atoms with E-state index < -0.39 is 45.5 Å². The van der Waals surface area contributed by atoms with E-state index >= 15 is 0 Å². The van der Waals surface area contributed by atoms with Crippen LogP contribution in [0.2, 0.25) is 0 Å². The summed E-state index contributed by atoms with van der Waals surface area (Å²) >= 11 is -0.414. The Morgan fingerprint density at radius 1 is 1.23 bits per heavy atom. The molecule has 0 radical (unpaired) electrons. The third-order valence-corrected chi connectivity index (χ3v) is 4.92. The van der Waals surface area contributed by atoms with Gasteiger partial charge in [-0.3, -0.25) is 0 Å². The van der Waals surface area contributed by atoms with Crippen LogP contribution in [-0.4, -0.2) is 61.8 Å². The zero-order valence-corrected chi connectivity index (χ0v) is 13.8. The van der Waals surface area contributed by atoms with E-state index in [1.54, 1.807) is 6.92 Å². The van der Waals surface area contributed by atoms with E-state index in [0.717, 1.165) is 4.46 Å².